The van der Waals surface area contributed by atoms with Crippen LogP contribution in [0.4, 0.5) is 5.69 Å². The number of halogens is 1. The highest BCUT2D eigenvalue weighted by atomic mass is 35.5. The number of carbonyl (C=O) groups excluding carboxylic acids is 1. The maximum absolute atomic E-state index is 11.5. The van der Waals surface area contributed by atoms with Crippen LogP contribution in [0.1, 0.15) is 26.3 Å². The minimum Gasteiger partial charge on any atom is -0.460 e. The predicted molar refractivity (Wildman–Crippen MR) is 65.4 cm³/mol. The molecule has 0 fully saturated rings. The molecule has 0 atom stereocenters. The monoisotopic (exact) mass is 241 g/mol. The van der Waals surface area contributed by atoms with Crippen molar-refractivity contribution in [2.24, 2.45) is 0 Å². The van der Waals surface area contributed by atoms with Gasteiger partial charge < -0.3 is 10.5 Å². The zero-order chi connectivity index (χ0) is 12.3. The van der Waals surface area contributed by atoms with Crippen molar-refractivity contribution in [2.75, 3.05) is 5.73 Å². The van der Waals surface area contributed by atoms with Gasteiger partial charge in [0.1, 0.15) is 5.60 Å². The highest BCUT2D eigenvalue weighted by molar-refractivity contribution is 6.33. The summed E-state index contributed by atoms with van der Waals surface area (Å²) in [6.45, 7) is 5.50. The molecular formula is C12H16ClNO2. The summed E-state index contributed by atoms with van der Waals surface area (Å²) in [5.74, 6) is -0.270. The van der Waals surface area contributed by atoms with E-state index in [1.54, 1.807) is 18.2 Å². The van der Waals surface area contributed by atoms with Gasteiger partial charge in [0.2, 0.25) is 0 Å². The Bertz CT molecular complexity index is 396. The Kier molecular flexibility index (Phi) is 3.81. The predicted octanol–water partition coefficient (Wildman–Crippen LogP) is 2.81. The van der Waals surface area contributed by atoms with Crippen LogP contribution in [0.25, 0.3) is 0 Å². The van der Waals surface area contributed by atoms with Crippen LogP contribution >= 0.6 is 11.6 Å². The van der Waals surface area contributed by atoms with Gasteiger partial charge in [-0.3, -0.25) is 4.79 Å². The Hall–Kier alpha value is -1.22. The summed E-state index contributed by atoms with van der Waals surface area (Å²) in [4.78, 5) is 11.5. The lowest BCUT2D eigenvalue weighted by Crippen LogP contribution is -2.24. The van der Waals surface area contributed by atoms with Gasteiger partial charge in [-0.15, -0.1) is 0 Å². The van der Waals surface area contributed by atoms with E-state index in [0.717, 1.165) is 5.56 Å². The second-order valence-corrected chi connectivity index (χ2v) is 5.03. The number of rotatable bonds is 2. The first kappa shape index (κ1) is 12.8. The van der Waals surface area contributed by atoms with Gasteiger partial charge in [-0.1, -0.05) is 17.7 Å². The molecular weight excluding hydrogens is 226 g/mol. The number of anilines is 1. The van der Waals surface area contributed by atoms with Crippen LogP contribution in [-0.4, -0.2) is 11.6 Å². The van der Waals surface area contributed by atoms with Crippen LogP contribution in [0, 0.1) is 0 Å². The maximum atomic E-state index is 11.5. The number of hydrogen-bond donors (Lipinski definition) is 1. The summed E-state index contributed by atoms with van der Waals surface area (Å²) < 4.78 is 5.20. The Morgan fingerprint density at radius 2 is 2.06 bits per heavy atom. The number of ether oxygens (including phenoxy) is 1. The number of esters is 1. The van der Waals surface area contributed by atoms with E-state index in [0.29, 0.717) is 10.7 Å². The van der Waals surface area contributed by atoms with E-state index >= 15 is 0 Å². The van der Waals surface area contributed by atoms with E-state index in [9.17, 15) is 4.79 Å². The van der Waals surface area contributed by atoms with Crippen molar-refractivity contribution < 1.29 is 9.53 Å². The third-order valence-electron chi connectivity index (χ3n) is 1.83. The SMILES string of the molecule is CC(C)(C)OC(=O)Cc1ccc(N)c(Cl)c1. The summed E-state index contributed by atoms with van der Waals surface area (Å²) in [6, 6.07) is 5.13. The average Bonchev–Trinajstić information content (AvgIpc) is 2.08. The molecule has 0 aliphatic heterocycles. The van der Waals surface area contributed by atoms with E-state index in [1.165, 1.54) is 0 Å². The fraction of sp³-hybridized carbons (Fsp3) is 0.417. The number of nitrogen functional groups attached to an aromatic ring is 1. The lowest BCUT2D eigenvalue weighted by Gasteiger charge is -2.19. The van der Waals surface area contributed by atoms with E-state index in [4.69, 9.17) is 22.1 Å². The standard InChI is InChI=1S/C12H16ClNO2/c1-12(2,3)16-11(15)7-8-4-5-10(14)9(13)6-8/h4-6H,7,14H2,1-3H3. The molecule has 0 amide bonds. The van der Waals surface area contributed by atoms with Crippen LogP contribution in [0.15, 0.2) is 18.2 Å². The number of benzene rings is 1. The number of nitrogens with two attached hydrogens (primary N) is 1. The second-order valence-electron chi connectivity index (χ2n) is 4.62. The topological polar surface area (TPSA) is 52.3 Å². The second kappa shape index (κ2) is 4.74. The highest BCUT2D eigenvalue weighted by Gasteiger charge is 2.16. The minimum atomic E-state index is -0.464. The van der Waals surface area contributed by atoms with Crippen molar-refractivity contribution in [2.45, 2.75) is 32.8 Å². The van der Waals surface area contributed by atoms with Crippen LogP contribution in [0.5, 0.6) is 0 Å². The molecule has 1 rings (SSSR count). The molecule has 0 aliphatic carbocycles. The first-order valence-corrected chi connectivity index (χ1v) is 5.41. The van der Waals surface area contributed by atoms with Crippen LogP contribution in [0.3, 0.4) is 0 Å². The molecule has 4 heteroatoms. The zero-order valence-corrected chi connectivity index (χ0v) is 10.5. The molecule has 0 radical (unpaired) electrons. The molecule has 2 N–H and O–H groups in total. The zero-order valence-electron chi connectivity index (χ0n) is 9.71. The fourth-order valence-corrected chi connectivity index (χ4v) is 1.43. The molecule has 0 bridgehead atoms. The average molecular weight is 242 g/mol. The molecule has 1 aromatic carbocycles. The molecule has 16 heavy (non-hydrogen) atoms. The first-order valence-electron chi connectivity index (χ1n) is 5.04. The molecule has 0 unspecified atom stereocenters. The largest absolute Gasteiger partial charge is 0.460 e. The summed E-state index contributed by atoms with van der Waals surface area (Å²) in [5.41, 5.74) is 6.42. The van der Waals surface area contributed by atoms with Gasteiger partial charge in [-0.25, -0.2) is 0 Å². The van der Waals surface area contributed by atoms with Gasteiger partial charge in [0.25, 0.3) is 0 Å². The molecule has 0 aromatic heterocycles. The van der Waals surface area contributed by atoms with Gasteiger partial charge >= 0.3 is 5.97 Å². The van der Waals surface area contributed by atoms with Gasteiger partial charge in [-0.05, 0) is 38.5 Å². The maximum Gasteiger partial charge on any atom is 0.310 e. The summed E-state index contributed by atoms with van der Waals surface area (Å²) in [6.07, 6.45) is 0.206. The van der Waals surface area contributed by atoms with Crippen molar-refractivity contribution in [3.63, 3.8) is 0 Å². The Morgan fingerprint density at radius 3 is 2.56 bits per heavy atom. The summed E-state index contributed by atoms with van der Waals surface area (Å²) in [7, 11) is 0. The quantitative estimate of drug-likeness (QED) is 0.640. The summed E-state index contributed by atoms with van der Waals surface area (Å²) >= 11 is 5.85. The third kappa shape index (κ3) is 4.11. The Balaban J connectivity index is 2.67. The molecule has 0 saturated heterocycles. The Morgan fingerprint density at radius 1 is 1.44 bits per heavy atom. The van der Waals surface area contributed by atoms with Crippen molar-refractivity contribution >= 4 is 23.3 Å². The lowest BCUT2D eigenvalue weighted by atomic mass is 10.1. The molecule has 1 aromatic rings. The fourth-order valence-electron chi connectivity index (χ4n) is 1.22. The molecule has 0 saturated carbocycles. The van der Waals surface area contributed by atoms with Crippen molar-refractivity contribution in [1.82, 2.24) is 0 Å². The van der Waals surface area contributed by atoms with Gasteiger partial charge in [-0.2, -0.15) is 0 Å². The molecule has 88 valence electrons. The van der Waals surface area contributed by atoms with E-state index in [1.807, 2.05) is 20.8 Å². The van der Waals surface area contributed by atoms with Crippen molar-refractivity contribution in [1.29, 1.82) is 0 Å². The normalized spacial score (nSPS) is 11.2. The lowest BCUT2D eigenvalue weighted by molar-refractivity contribution is -0.153. The minimum absolute atomic E-state index is 0.206. The van der Waals surface area contributed by atoms with Gasteiger partial charge in [0.05, 0.1) is 17.1 Å². The first-order chi connectivity index (χ1) is 7.28. The molecule has 0 spiro atoms. The summed E-state index contributed by atoms with van der Waals surface area (Å²) in [5, 5.41) is 0.459. The van der Waals surface area contributed by atoms with E-state index in [-0.39, 0.29) is 12.4 Å². The van der Waals surface area contributed by atoms with E-state index < -0.39 is 5.60 Å². The molecule has 3 nitrogen and oxygen atoms in total. The highest BCUT2D eigenvalue weighted by Crippen LogP contribution is 2.20. The third-order valence-corrected chi connectivity index (χ3v) is 2.16. The van der Waals surface area contributed by atoms with E-state index in [2.05, 4.69) is 0 Å². The number of carbonyl (C=O) groups is 1. The van der Waals surface area contributed by atoms with Crippen LogP contribution < -0.4 is 5.73 Å². The smallest absolute Gasteiger partial charge is 0.310 e. The van der Waals surface area contributed by atoms with Crippen LogP contribution in [0.2, 0.25) is 5.02 Å². The molecule has 0 heterocycles. The van der Waals surface area contributed by atoms with Crippen molar-refractivity contribution in [3.05, 3.63) is 28.8 Å². The van der Waals surface area contributed by atoms with Crippen molar-refractivity contribution in [3.8, 4) is 0 Å². The Labute approximate surface area is 101 Å². The molecule has 0 aliphatic rings. The van der Waals surface area contributed by atoms with Gasteiger partial charge in [0.15, 0.2) is 0 Å². The van der Waals surface area contributed by atoms with Crippen LogP contribution in [-0.2, 0) is 16.0 Å². The van der Waals surface area contributed by atoms with Gasteiger partial charge in [0, 0.05) is 0 Å². The number of hydrogen-bond acceptors (Lipinski definition) is 3.